The third kappa shape index (κ3) is 3.52. The molecule has 0 atom stereocenters. The summed E-state index contributed by atoms with van der Waals surface area (Å²) in [5, 5.41) is 2.58. The van der Waals surface area contributed by atoms with Crippen molar-refractivity contribution >= 4 is 18.0 Å². The minimum atomic E-state index is -0.494. The van der Waals surface area contributed by atoms with Gasteiger partial charge in [0.2, 0.25) is 0 Å². The Bertz CT molecular complexity index is 859. The normalized spacial score (nSPS) is 15.6. The molecule has 5 nitrogen and oxygen atoms in total. The van der Waals surface area contributed by atoms with E-state index in [1.807, 2.05) is 19.1 Å². The highest BCUT2D eigenvalue weighted by Gasteiger charge is 2.33. The van der Waals surface area contributed by atoms with Crippen LogP contribution < -0.4 is 10.1 Å². The summed E-state index contributed by atoms with van der Waals surface area (Å²) in [6, 6.07) is 10.7. The van der Waals surface area contributed by atoms with Gasteiger partial charge in [0, 0.05) is 0 Å². The molecule has 1 saturated heterocycles. The molecule has 6 heteroatoms. The number of carbonyl (C=O) groups is 2. The molecule has 1 heterocycles. The van der Waals surface area contributed by atoms with E-state index in [2.05, 4.69) is 5.32 Å². The van der Waals surface area contributed by atoms with Gasteiger partial charge >= 0.3 is 6.03 Å². The predicted molar refractivity (Wildman–Crippen MR) is 91.2 cm³/mol. The highest BCUT2D eigenvalue weighted by atomic mass is 19.1. The maximum absolute atomic E-state index is 13.0. The number of methoxy groups -OCH3 is 1. The molecule has 0 spiro atoms. The Balaban J connectivity index is 1.82. The van der Waals surface area contributed by atoms with Crippen LogP contribution in [0, 0.1) is 12.7 Å². The number of rotatable bonds is 4. The van der Waals surface area contributed by atoms with Gasteiger partial charge in [-0.2, -0.15) is 0 Å². The van der Waals surface area contributed by atoms with Gasteiger partial charge in [0.25, 0.3) is 5.91 Å². The zero-order valence-corrected chi connectivity index (χ0v) is 13.9. The smallest absolute Gasteiger partial charge is 0.329 e. The number of nitrogens with zero attached hydrogens (tertiary/aromatic N) is 1. The molecule has 1 aliphatic heterocycles. The Morgan fingerprint density at radius 2 is 1.88 bits per heavy atom. The van der Waals surface area contributed by atoms with E-state index in [0.29, 0.717) is 5.56 Å². The summed E-state index contributed by atoms with van der Waals surface area (Å²) in [5.41, 5.74) is 2.62. The Labute approximate surface area is 144 Å². The molecule has 2 aromatic rings. The van der Waals surface area contributed by atoms with Crippen molar-refractivity contribution in [1.82, 2.24) is 10.2 Å². The Morgan fingerprint density at radius 1 is 1.16 bits per heavy atom. The Kier molecular flexibility index (Phi) is 4.52. The number of urea groups is 1. The largest absolute Gasteiger partial charge is 0.497 e. The SMILES string of the molecule is COc1ccc(/C=C2/NC(=O)N(Cc3ccc(F)cc3)C2=O)c(C)c1. The molecule has 0 bridgehead atoms. The van der Waals surface area contributed by atoms with Crippen LogP contribution in [-0.2, 0) is 11.3 Å². The molecule has 2 aromatic carbocycles. The van der Waals surface area contributed by atoms with Gasteiger partial charge in [0.15, 0.2) is 0 Å². The molecule has 3 amide bonds. The molecule has 0 aliphatic carbocycles. The summed E-state index contributed by atoms with van der Waals surface area (Å²) >= 11 is 0. The van der Waals surface area contributed by atoms with E-state index in [1.165, 1.54) is 12.1 Å². The maximum atomic E-state index is 13.0. The van der Waals surface area contributed by atoms with Gasteiger partial charge in [-0.1, -0.05) is 18.2 Å². The maximum Gasteiger partial charge on any atom is 0.329 e. The second kappa shape index (κ2) is 6.76. The van der Waals surface area contributed by atoms with Crippen LogP contribution >= 0.6 is 0 Å². The second-order valence-corrected chi connectivity index (χ2v) is 5.73. The first-order valence-electron chi connectivity index (χ1n) is 7.71. The van der Waals surface area contributed by atoms with Crippen molar-refractivity contribution in [3.8, 4) is 5.75 Å². The minimum absolute atomic E-state index is 0.0872. The number of ether oxygens (including phenoxy) is 1. The van der Waals surface area contributed by atoms with E-state index in [4.69, 9.17) is 4.74 Å². The number of halogens is 1. The zero-order valence-electron chi connectivity index (χ0n) is 13.9. The lowest BCUT2D eigenvalue weighted by Gasteiger charge is -2.11. The molecule has 3 rings (SSSR count). The highest BCUT2D eigenvalue weighted by molar-refractivity contribution is 6.13. The van der Waals surface area contributed by atoms with Gasteiger partial charge in [0.1, 0.15) is 17.3 Å². The Hall–Kier alpha value is -3.15. The summed E-state index contributed by atoms with van der Waals surface area (Å²) in [5.74, 6) is -0.0552. The van der Waals surface area contributed by atoms with Crippen molar-refractivity contribution in [3.05, 3.63) is 70.7 Å². The van der Waals surface area contributed by atoms with Crippen molar-refractivity contribution in [2.24, 2.45) is 0 Å². The van der Waals surface area contributed by atoms with E-state index in [0.717, 1.165) is 21.8 Å². The number of nitrogens with one attached hydrogen (secondary N) is 1. The lowest BCUT2D eigenvalue weighted by Crippen LogP contribution is -2.30. The molecule has 128 valence electrons. The molecule has 0 unspecified atom stereocenters. The Morgan fingerprint density at radius 3 is 2.52 bits per heavy atom. The van der Waals surface area contributed by atoms with Gasteiger partial charge in [-0.3, -0.25) is 9.69 Å². The monoisotopic (exact) mass is 340 g/mol. The molecular formula is C19H17FN2O3. The fourth-order valence-corrected chi connectivity index (χ4v) is 2.58. The van der Waals surface area contributed by atoms with Gasteiger partial charge in [-0.25, -0.2) is 9.18 Å². The minimum Gasteiger partial charge on any atom is -0.497 e. The average molecular weight is 340 g/mol. The number of aryl methyl sites for hydroxylation is 1. The molecule has 0 radical (unpaired) electrons. The fraction of sp³-hybridized carbons (Fsp3) is 0.158. The van der Waals surface area contributed by atoms with Crippen LogP contribution in [0.4, 0.5) is 9.18 Å². The van der Waals surface area contributed by atoms with E-state index in [9.17, 15) is 14.0 Å². The zero-order chi connectivity index (χ0) is 18.0. The lowest BCUT2D eigenvalue weighted by atomic mass is 10.1. The van der Waals surface area contributed by atoms with Crippen molar-refractivity contribution in [2.45, 2.75) is 13.5 Å². The number of amides is 3. The van der Waals surface area contributed by atoms with Crippen LogP contribution in [0.15, 0.2) is 48.2 Å². The highest BCUT2D eigenvalue weighted by Crippen LogP contribution is 2.21. The van der Waals surface area contributed by atoms with Crippen LogP contribution in [0.1, 0.15) is 16.7 Å². The summed E-state index contributed by atoms with van der Waals surface area (Å²) in [6.45, 7) is 1.98. The summed E-state index contributed by atoms with van der Waals surface area (Å²) in [4.78, 5) is 25.7. The van der Waals surface area contributed by atoms with Crippen LogP contribution in [-0.4, -0.2) is 23.9 Å². The van der Waals surface area contributed by atoms with E-state index < -0.39 is 11.9 Å². The van der Waals surface area contributed by atoms with Gasteiger partial charge in [-0.05, 0) is 54.0 Å². The topological polar surface area (TPSA) is 58.6 Å². The van der Waals surface area contributed by atoms with Gasteiger partial charge < -0.3 is 10.1 Å². The number of hydrogen-bond donors (Lipinski definition) is 1. The predicted octanol–water partition coefficient (Wildman–Crippen LogP) is 3.24. The van der Waals surface area contributed by atoms with Crippen molar-refractivity contribution in [1.29, 1.82) is 0 Å². The van der Waals surface area contributed by atoms with Crippen molar-refractivity contribution in [3.63, 3.8) is 0 Å². The van der Waals surface area contributed by atoms with E-state index >= 15 is 0 Å². The molecule has 25 heavy (non-hydrogen) atoms. The number of hydrogen-bond acceptors (Lipinski definition) is 3. The third-order valence-electron chi connectivity index (χ3n) is 3.99. The third-order valence-corrected chi connectivity index (χ3v) is 3.99. The average Bonchev–Trinajstić information content (AvgIpc) is 2.86. The molecule has 1 aliphatic rings. The number of imide groups is 1. The summed E-state index contributed by atoms with van der Waals surface area (Å²) < 4.78 is 18.1. The quantitative estimate of drug-likeness (QED) is 0.687. The lowest BCUT2D eigenvalue weighted by molar-refractivity contribution is -0.123. The first kappa shape index (κ1) is 16.7. The standard InChI is InChI=1S/C19H17FN2O3/c1-12-9-16(25-2)8-5-14(12)10-17-18(23)22(19(24)21-17)11-13-3-6-15(20)7-4-13/h3-10H,11H2,1-2H3,(H,21,24)/b17-10+. The van der Waals surface area contributed by atoms with Crippen LogP contribution in [0.3, 0.4) is 0 Å². The molecule has 1 fully saturated rings. The van der Waals surface area contributed by atoms with Crippen LogP contribution in [0.5, 0.6) is 5.75 Å². The first-order valence-corrected chi connectivity index (χ1v) is 7.71. The van der Waals surface area contributed by atoms with Crippen molar-refractivity contribution in [2.75, 3.05) is 7.11 Å². The molecule has 0 aromatic heterocycles. The second-order valence-electron chi connectivity index (χ2n) is 5.73. The molecular weight excluding hydrogens is 323 g/mol. The summed E-state index contributed by atoms with van der Waals surface area (Å²) in [7, 11) is 1.58. The number of benzene rings is 2. The molecule has 1 N–H and O–H groups in total. The van der Waals surface area contributed by atoms with E-state index in [-0.39, 0.29) is 18.1 Å². The van der Waals surface area contributed by atoms with Crippen LogP contribution in [0.25, 0.3) is 6.08 Å². The van der Waals surface area contributed by atoms with Gasteiger partial charge in [-0.15, -0.1) is 0 Å². The van der Waals surface area contributed by atoms with Crippen molar-refractivity contribution < 1.29 is 18.7 Å². The van der Waals surface area contributed by atoms with E-state index in [1.54, 1.807) is 31.4 Å². The van der Waals surface area contributed by atoms with Gasteiger partial charge in [0.05, 0.1) is 13.7 Å². The summed E-state index contributed by atoms with van der Waals surface area (Å²) in [6.07, 6.45) is 1.64. The first-order chi connectivity index (χ1) is 12.0. The van der Waals surface area contributed by atoms with Crippen LogP contribution in [0.2, 0.25) is 0 Å². The fourth-order valence-electron chi connectivity index (χ4n) is 2.58. The number of carbonyl (C=O) groups excluding carboxylic acids is 2. The molecule has 0 saturated carbocycles.